The number of aryl methyl sites for hydroxylation is 1. The molecule has 0 bridgehead atoms. The number of alkyl halides is 1. The standard InChI is InChI=1S/C13H19BFNO2/c1-9-6-10(7-11(8-15)16-9)14-17-12(2,3)13(4,5)18-14/h6-7H,8H2,1-5H3. The maximum absolute atomic E-state index is 12.7. The van der Waals surface area contributed by atoms with E-state index in [0.717, 1.165) is 11.2 Å². The third-order valence-electron chi connectivity index (χ3n) is 3.69. The molecule has 1 aliphatic heterocycles. The summed E-state index contributed by atoms with van der Waals surface area (Å²) in [6.07, 6.45) is 0. The molecule has 0 amide bonds. The van der Waals surface area contributed by atoms with Crippen molar-refractivity contribution in [2.75, 3.05) is 0 Å². The Labute approximate surface area is 108 Å². The van der Waals surface area contributed by atoms with E-state index in [2.05, 4.69) is 4.98 Å². The van der Waals surface area contributed by atoms with Crippen molar-refractivity contribution >= 4 is 12.6 Å². The van der Waals surface area contributed by atoms with Gasteiger partial charge in [-0.3, -0.25) is 4.98 Å². The normalized spacial score (nSPS) is 21.3. The van der Waals surface area contributed by atoms with Gasteiger partial charge in [-0.1, -0.05) is 0 Å². The molecule has 0 atom stereocenters. The third kappa shape index (κ3) is 2.29. The van der Waals surface area contributed by atoms with Gasteiger partial charge in [-0.25, -0.2) is 4.39 Å². The quantitative estimate of drug-likeness (QED) is 0.755. The van der Waals surface area contributed by atoms with Crippen LogP contribution in [0.2, 0.25) is 0 Å². The maximum Gasteiger partial charge on any atom is 0.494 e. The summed E-state index contributed by atoms with van der Waals surface area (Å²) >= 11 is 0. The van der Waals surface area contributed by atoms with Gasteiger partial charge in [0.1, 0.15) is 6.67 Å². The van der Waals surface area contributed by atoms with Crippen LogP contribution in [0, 0.1) is 6.92 Å². The van der Waals surface area contributed by atoms with Crippen LogP contribution < -0.4 is 5.46 Å². The van der Waals surface area contributed by atoms with Crippen LogP contribution in [0.1, 0.15) is 39.1 Å². The molecule has 1 aliphatic rings. The van der Waals surface area contributed by atoms with E-state index < -0.39 is 13.8 Å². The molecule has 98 valence electrons. The molecule has 0 aliphatic carbocycles. The van der Waals surface area contributed by atoms with E-state index in [1.54, 1.807) is 6.07 Å². The smallest absolute Gasteiger partial charge is 0.399 e. The minimum atomic E-state index is -0.575. The van der Waals surface area contributed by atoms with Gasteiger partial charge in [0, 0.05) is 5.69 Å². The fourth-order valence-corrected chi connectivity index (χ4v) is 1.95. The Balaban J connectivity index is 2.32. The van der Waals surface area contributed by atoms with Crippen LogP contribution in [0.4, 0.5) is 4.39 Å². The van der Waals surface area contributed by atoms with E-state index in [1.165, 1.54) is 0 Å². The highest BCUT2D eigenvalue weighted by Crippen LogP contribution is 2.36. The Morgan fingerprint density at radius 1 is 1.17 bits per heavy atom. The molecule has 0 radical (unpaired) electrons. The van der Waals surface area contributed by atoms with Crippen LogP contribution in [0.25, 0.3) is 0 Å². The largest absolute Gasteiger partial charge is 0.494 e. The lowest BCUT2D eigenvalue weighted by atomic mass is 9.79. The number of rotatable bonds is 2. The Morgan fingerprint density at radius 2 is 1.72 bits per heavy atom. The molecule has 1 saturated heterocycles. The highest BCUT2D eigenvalue weighted by molar-refractivity contribution is 6.62. The van der Waals surface area contributed by atoms with Crippen molar-refractivity contribution in [2.24, 2.45) is 0 Å². The van der Waals surface area contributed by atoms with Crippen molar-refractivity contribution in [1.82, 2.24) is 4.98 Å². The summed E-state index contributed by atoms with van der Waals surface area (Å²) < 4.78 is 24.6. The molecule has 0 spiro atoms. The molecule has 1 fully saturated rings. The summed E-state index contributed by atoms with van der Waals surface area (Å²) in [6.45, 7) is 9.25. The molecule has 1 aromatic heterocycles. The van der Waals surface area contributed by atoms with E-state index in [4.69, 9.17) is 9.31 Å². The molecule has 0 saturated carbocycles. The number of nitrogens with zero attached hydrogens (tertiary/aromatic N) is 1. The summed E-state index contributed by atoms with van der Waals surface area (Å²) in [6, 6.07) is 3.58. The van der Waals surface area contributed by atoms with Crippen molar-refractivity contribution in [2.45, 2.75) is 52.5 Å². The van der Waals surface area contributed by atoms with Crippen molar-refractivity contribution in [3.63, 3.8) is 0 Å². The second-order valence-electron chi connectivity index (χ2n) is 5.76. The number of pyridine rings is 1. The van der Waals surface area contributed by atoms with Gasteiger partial charge in [0.2, 0.25) is 0 Å². The minimum absolute atomic E-state index is 0.384. The zero-order chi connectivity index (χ0) is 13.6. The molecule has 0 aromatic carbocycles. The summed E-state index contributed by atoms with van der Waals surface area (Å²) in [7, 11) is -0.456. The molecule has 0 N–H and O–H groups in total. The zero-order valence-corrected chi connectivity index (χ0v) is 11.6. The van der Waals surface area contributed by atoms with E-state index in [0.29, 0.717) is 5.69 Å². The monoisotopic (exact) mass is 251 g/mol. The number of aromatic nitrogens is 1. The summed E-state index contributed by atoms with van der Waals surface area (Å²) in [5, 5.41) is 0. The number of hydrogen-bond acceptors (Lipinski definition) is 3. The van der Waals surface area contributed by atoms with Crippen molar-refractivity contribution in [1.29, 1.82) is 0 Å². The van der Waals surface area contributed by atoms with Crippen LogP contribution in [-0.2, 0) is 16.0 Å². The molecule has 5 heteroatoms. The Bertz CT molecular complexity index is 446. The highest BCUT2D eigenvalue weighted by Gasteiger charge is 2.51. The van der Waals surface area contributed by atoms with E-state index >= 15 is 0 Å². The minimum Gasteiger partial charge on any atom is -0.399 e. The van der Waals surface area contributed by atoms with Gasteiger partial charge in [-0.15, -0.1) is 0 Å². The van der Waals surface area contributed by atoms with Crippen LogP contribution in [0.3, 0.4) is 0 Å². The first-order valence-electron chi connectivity index (χ1n) is 6.14. The first kappa shape index (κ1) is 13.5. The van der Waals surface area contributed by atoms with Crippen molar-refractivity contribution < 1.29 is 13.7 Å². The first-order chi connectivity index (χ1) is 8.25. The van der Waals surface area contributed by atoms with E-state index in [1.807, 2.05) is 40.7 Å². The Kier molecular flexibility index (Phi) is 3.24. The van der Waals surface area contributed by atoms with Crippen LogP contribution in [0.15, 0.2) is 12.1 Å². The molecule has 1 aromatic rings. The Hall–Kier alpha value is -0.935. The van der Waals surface area contributed by atoms with Gasteiger partial charge in [0.05, 0.1) is 16.9 Å². The average Bonchev–Trinajstić information content (AvgIpc) is 2.47. The van der Waals surface area contributed by atoms with Crippen LogP contribution in [-0.4, -0.2) is 23.3 Å². The average molecular weight is 251 g/mol. The van der Waals surface area contributed by atoms with Gasteiger partial charge in [-0.2, -0.15) is 0 Å². The SMILES string of the molecule is Cc1cc(B2OC(C)(C)C(C)(C)O2)cc(CF)n1. The zero-order valence-electron chi connectivity index (χ0n) is 11.6. The maximum atomic E-state index is 12.7. The predicted octanol–water partition coefficient (Wildman–Crippen LogP) is 2.16. The van der Waals surface area contributed by atoms with E-state index in [9.17, 15) is 4.39 Å². The van der Waals surface area contributed by atoms with Crippen molar-refractivity contribution in [3.05, 3.63) is 23.5 Å². The lowest BCUT2D eigenvalue weighted by Crippen LogP contribution is -2.41. The third-order valence-corrected chi connectivity index (χ3v) is 3.69. The summed E-state index contributed by atoms with van der Waals surface area (Å²) in [4.78, 5) is 4.11. The molecule has 2 rings (SSSR count). The summed E-state index contributed by atoms with van der Waals surface area (Å²) in [5.74, 6) is 0. The Morgan fingerprint density at radius 3 is 2.22 bits per heavy atom. The first-order valence-corrected chi connectivity index (χ1v) is 6.14. The second-order valence-corrected chi connectivity index (χ2v) is 5.76. The fourth-order valence-electron chi connectivity index (χ4n) is 1.95. The highest BCUT2D eigenvalue weighted by atomic mass is 19.1. The van der Waals surface area contributed by atoms with Gasteiger partial charge in [-0.05, 0) is 52.2 Å². The van der Waals surface area contributed by atoms with E-state index in [-0.39, 0.29) is 11.2 Å². The second kappa shape index (κ2) is 4.32. The van der Waals surface area contributed by atoms with Gasteiger partial charge in [0.25, 0.3) is 0 Å². The molecule has 18 heavy (non-hydrogen) atoms. The molecule has 0 unspecified atom stereocenters. The lowest BCUT2D eigenvalue weighted by molar-refractivity contribution is 0.00578. The van der Waals surface area contributed by atoms with Crippen molar-refractivity contribution in [3.8, 4) is 0 Å². The molecule has 2 heterocycles. The summed E-state index contributed by atoms with van der Waals surface area (Å²) in [5.41, 5.74) is 1.25. The molecule has 3 nitrogen and oxygen atoms in total. The number of halogens is 1. The molecular weight excluding hydrogens is 232 g/mol. The molecular formula is C13H19BFNO2. The van der Waals surface area contributed by atoms with Gasteiger partial charge in [0.15, 0.2) is 0 Å². The topological polar surface area (TPSA) is 31.4 Å². The number of hydrogen-bond donors (Lipinski definition) is 0. The fraction of sp³-hybridized carbons (Fsp3) is 0.615. The van der Waals surface area contributed by atoms with Gasteiger partial charge >= 0.3 is 7.12 Å². The van der Waals surface area contributed by atoms with Crippen LogP contribution >= 0.6 is 0 Å². The predicted molar refractivity (Wildman–Crippen MR) is 69.5 cm³/mol. The van der Waals surface area contributed by atoms with Gasteiger partial charge < -0.3 is 9.31 Å². The lowest BCUT2D eigenvalue weighted by Gasteiger charge is -2.32. The van der Waals surface area contributed by atoms with Crippen LogP contribution in [0.5, 0.6) is 0 Å².